The lowest BCUT2D eigenvalue weighted by Crippen LogP contribution is -2.04. The van der Waals surface area contributed by atoms with E-state index in [0.717, 1.165) is 0 Å². The Morgan fingerprint density at radius 2 is 1.04 bits per heavy atom. The highest BCUT2D eigenvalue weighted by Crippen LogP contribution is 2.20. The minimum absolute atomic E-state index is 0.0538. The predicted octanol–water partition coefficient (Wildman–Crippen LogP) is 3.85. The van der Waals surface area contributed by atoms with Crippen molar-refractivity contribution in [1.29, 1.82) is 0 Å². The van der Waals surface area contributed by atoms with E-state index < -0.39 is 0 Å². The molecule has 0 amide bonds. The second-order valence-corrected chi connectivity index (χ2v) is 5.12. The molecule has 3 aromatic rings. The minimum Gasteiger partial charge on any atom is -0.507 e. The van der Waals surface area contributed by atoms with Crippen molar-refractivity contribution in [2.24, 2.45) is 0 Å². The second kappa shape index (κ2) is 6.28. The van der Waals surface area contributed by atoms with Gasteiger partial charge in [0.2, 0.25) is 0 Å². The molecule has 0 bridgehead atoms. The molecule has 0 radical (unpaired) electrons. The number of hydrogen-bond donors (Lipinski definition) is 1. The van der Waals surface area contributed by atoms with Crippen LogP contribution in [0.2, 0.25) is 0 Å². The van der Waals surface area contributed by atoms with Crippen LogP contribution in [0.3, 0.4) is 0 Å². The first kappa shape index (κ1) is 14.7. The number of ketones is 2. The number of carbonyl (C=O) groups excluding carboxylic acids is 2. The zero-order valence-electron chi connectivity index (χ0n) is 12.3. The summed E-state index contributed by atoms with van der Waals surface area (Å²) in [5.74, 6) is -0.420. The van der Waals surface area contributed by atoms with Crippen molar-refractivity contribution in [3.63, 3.8) is 0 Å². The first-order valence-electron chi connectivity index (χ1n) is 7.19. The standard InChI is InChI=1S/C20H14O3/c21-18-9-5-4-8-17(18)20(23)16-12-10-15(11-13-16)19(22)14-6-2-1-3-7-14/h1-13,21H. The molecule has 3 nitrogen and oxygen atoms in total. The van der Waals surface area contributed by atoms with Gasteiger partial charge in [0.25, 0.3) is 0 Å². The number of phenols is 1. The van der Waals surface area contributed by atoms with Crippen molar-refractivity contribution < 1.29 is 14.7 Å². The van der Waals surface area contributed by atoms with Gasteiger partial charge in [-0.05, 0) is 12.1 Å². The Morgan fingerprint density at radius 1 is 0.565 bits per heavy atom. The molecule has 23 heavy (non-hydrogen) atoms. The summed E-state index contributed by atoms with van der Waals surface area (Å²) in [4.78, 5) is 24.7. The average molecular weight is 302 g/mol. The van der Waals surface area contributed by atoms with Crippen LogP contribution in [-0.2, 0) is 0 Å². The molecule has 3 aromatic carbocycles. The van der Waals surface area contributed by atoms with Crippen LogP contribution in [0, 0.1) is 0 Å². The lowest BCUT2D eigenvalue weighted by molar-refractivity contribution is 0.102. The van der Waals surface area contributed by atoms with E-state index in [1.807, 2.05) is 18.2 Å². The zero-order valence-corrected chi connectivity index (χ0v) is 12.3. The molecule has 0 aromatic heterocycles. The Morgan fingerprint density at radius 3 is 1.65 bits per heavy atom. The Bertz CT molecular complexity index is 850. The van der Waals surface area contributed by atoms with E-state index in [1.54, 1.807) is 54.6 Å². The van der Waals surface area contributed by atoms with E-state index in [1.165, 1.54) is 6.07 Å². The van der Waals surface area contributed by atoms with Gasteiger partial charge in [-0.2, -0.15) is 0 Å². The quantitative estimate of drug-likeness (QED) is 0.745. The highest BCUT2D eigenvalue weighted by Gasteiger charge is 2.14. The summed E-state index contributed by atoms with van der Waals surface area (Å²) < 4.78 is 0. The summed E-state index contributed by atoms with van der Waals surface area (Å²) >= 11 is 0. The molecule has 0 aliphatic rings. The van der Waals surface area contributed by atoms with Crippen molar-refractivity contribution in [2.75, 3.05) is 0 Å². The number of benzene rings is 3. The fourth-order valence-electron chi connectivity index (χ4n) is 2.35. The summed E-state index contributed by atoms with van der Waals surface area (Å²) in [6, 6.07) is 21.8. The van der Waals surface area contributed by atoms with E-state index >= 15 is 0 Å². The normalized spacial score (nSPS) is 10.3. The van der Waals surface area contributed by atoms with Gasteiger partial charge in [-0.1, -0.05) is 66.7 Å². The van der Waals surface area contributed by atoms with Crippen molar-refractivity contribution in [1.82, 2.24) is 0 Å². The summed E-state index contributed by atoms with van der Waals surface area (Å²) in [7, 11) is 0. The summed E-state index contributed by atoms with van der Waals surface area (Å²) in [5, 5.41) is 9.76. The zero-order chi connectivity index (χ0) is 16.2. The third-order valence-corrected chi connectivity index (χ3v) is 3.59. The third-order valence-electron chi connectivity index (χ3n) is 3.59. The van der Waals surface area contributed by atoms with Crippen LogP contribution in [0.4, 0.5) is 0 Å². The molecule has 0 saturated carbocycles. The molecule has 0 aliphatic carbocycles. The van der Waals surface area contributed by atoms with Gasteiger partial charge < -0.3 is 5.11 Å². The minimum atomic E-state index is -0.276. The molecule has 1 N–H and O–H groups in total. The van der Waals surface area contributed by atoms with Gasteiger partial charge >= 0.3 is 0 Å². The second-order valence-electron chi connectivity index (χ2n) is 5.12. The van der Waals surface area contributed by atoms with Gasteiger partial charge in [0.15, 0.2) is 11.6 Å². The van der Waals surface area contributed by atoms with Crippen molar-refractivity contribution in [3.8, 4) is 5.75 Å². The van der Waals surface area contributed by atoms with Crippen molar-refractivity contribution in [2.45, 2.75) is 0 Å². The molecule has 3 heteroatoms. The Balaban J connectivity index is 1.87. The topological polar surface area (TPSA) is 54.4 Å². The van der Waals surface area contributed by atoms with Gasteiger partial charge in [-0.3, -0.25) is 9.59 Å². The van der Waals surface area contributed by atoms with Crippen LogP contribution in [0.25, 0.3) is 0 Å². The van der Waals surface area contributed by atoms with Gasteiger partial charge in [-0.25, -0.2) is 0 Å². The summed E-state index contributed by atoms with van der Waals surface area (Å²) in [6.45, 7) is 0. The molecule has 0 spiro atoms. The third kappa shape index (κ3) is 3.04. The lowest BCUT2D eigenvalue weighted by atomic mass is 9.98. The molecule has 0 fully saturated rings. The van der Waals surface area contributed by atoms with Gasteiger partial charge in [0, 0.05) is 16.7 Å². The van der Waals surface area contributed by atoms with Crippen LogP contribution in [-0.4, -0.2) is 16.7 Å². The molecule has 0 atom stereocenters. The van der Waals surface area contributed by atoms with Crippen molar-refractivity contribution in [3.05, 3.63) is 101 Å². The highest BCUT2D eigenvalue weighted by molar-refractivity contribution is 6.12. The fraction of sp³-hybridized carbons (Fsp3) is 0. The van der Waals surface area contributed by atoms with Crippen LogP contribution < -0.4 is 0 Å². The number of para-hydroxylation sites is 1. The first-order chi connectivity index (χ1) is 11.2. The van der Waals surface area contributed by atoms with E-state index in [0.29, 0.717) is 16.7 Å². The number of hydrogen-bond acceptors (Lipinski definition) is 3. The lowest BCUT2D eigenvalue weighted by Gasteiger charge is -2.05. The maximum atomic E-state index is 12.4. The van der Waals surface area contributed by atoms with Crippen LogP contribution >= 0.6 is 0 Å². The van der Waals surface area contributed by atoms with E-state index in [4.69, 9.17) is 0 Å². The summed E-state index contributed by atoms with van der Waals surface area (Å²) in [6.07, 6.45) is 0. The SMILES string of the molecule is O=C(c1ccccc1)c1ccc(C(=O)c2ccccc2O)cc1. The highest BCUT2D eigenvalue weighted by atomic mass is 16.3. The van der Waals surface area contributed by atoms with E-state index in [2.05, 4.69) is 0 Å². The van der Waals surface area contributed by atoms with Gasteiger partial charge in [0.05, 0.1) is 5.56 Å². The number of rotatable bonds is 4. The molecule has 3 rings (SSSR count). The largest absolute Gasteiger partial charge is 0.507 e. The molecule has 0 unspecified atom stereocenters. The molecular weight excluding hydrogens is 288 g/mol. The predicted molar refractivity (Wildman–Crippen MR) is 87.9 cm³/mol. The molecule has 0 heterocycles. The van der Waals surface area contributed by atoms with E-state index in [9.17, 15) is 14.7 Å². The van der Waals surface area contributed by atoms with Crippen LogP contribution in [0.5, 0.6) is 5.75 Å². The monoisotopic (exact) mass is 302 g/mol. The van der Waals surface area contributed by atoms with Crippen LogP contribution in [0.1, 0.15) is 31.8 Å². The van der Waals surface area contributed by atoms with Gasteiger partial charge in [0.1, 0.15) is 5.75 Å². The van der Waals surface area contributed by atoms with Crippen LogP contribution in [0.15, 0.2) is 78.9 Å². The summed E-state index contributed by atoms with van der Waals surface area (Å²) in [5.41, 5.74) is 1.79. The van der Waals surface area contributed by atoms with E-state index in [-0.39, 0.29) is 22.9 Å². The van der Waals surface area contributed by atoms with Gasteiger partial charge in [-0.15, -0.1) is 0 Å². The Hall–Kier alpha value is -3.20. The smallest absolute Gasteiger partial charge is 0.196 e. The first-order valence-corrected chi connectivity index (χ1v) is 7.19. The number of aromatic hydroxyl groups is 1. The Labute approximate surface area is 133 Å². The fourth-order valence-corrected chi connectivity index (χ4v) is 2.35. The number of phenolic OH excluding ortho intramolecular Hbond substituents is 1. The van der Waals surface area contributed by atoms with Crippen molar-refractivity contribution >= 4 is 11.6 Å². The number of carbonyl (C=O) groups is 2. The maximum absolute atomic E-state index is 12.4. The Kier molecular flexibility index (Phi) is 4.02. The molecule has 112 valence electrons. The average Bonchev–Trinajstić information content (AvgIpc) is 2.62. The maximum Gasteiger partial charge on any atom is 0.196 e. The molecular formula is C20H14O3. The molecule has 0 saturated heterocycles. The molecule has 0 aliphatic heterocycles.